The molecule has 0 saturated heterocycles. The minimum absolute atomic E-state index is 0.0384. The van der Waals surface area contributed by atoms with Gasteiger partial charge in [-0.1, -0.05) is 22.9 Å². The van der Waals surface area contributed by atoms with Crippen LogP contribution >= 0.6 is 0 Å². The van der Waals surface area contributed by atoms with E-state index in [0.717, 1.165) is 16.8 Å². The summed E-state index contributed by atoms with van der Waals surface area (Å²) in [6, 6.07) is 13.1. The van der Waals surface area contributed by atoms with E-state index in [1.54, 1.807) is 26.4 Å². The number of methoxy groups -OCH3 is 2. The topological polar surface area (TPSA) is 86.5 Å². The quantitative estimate of drug-likeness (QED) is 0.634. The molecule has 1 amide bonds. The molecular weight excluding hydrogens is 358 g/mol. The van der Waals surface area contributed by atoms with Crippen LogP contribution in [0.4, 0.5) is 5.69 Å². The highest BCUT2D eigenvalue weighted by Gasteiger charge is 2.12. The molecule has 146 valence electrons. The van der Waals surface area contributed by atoms with Gasteiger partial charge in [0.25, 0.3) is 0 Å². The predicted molar refractivity (Wildman–Crippen MR) is 106 cm³/mol. The van der Waals surface area contributed by atoms with Crippen molar-refractivity contribution in [1.29, 1.82) is 0 Å². The molecule has 3 rings (SSSR count). The maximum absolute atomic E-state index is 12.0. The lowest BCUT2D eigenvalue weighted by molar-refractivity contribution is -0.116. The molecule has 1 N–H and O–H groups in total. The fraction of sp³-hybridized carbons (Fsp3) is 0.286. The van der Waals surface area contributed by atoms with E-state index in [1.807, 2.05) is 37.3 Å². The summed E-state index contributed by atoms with van der Waals surface area (Å²) >= 11 is 0. The van der Waals surface area contributed by atoms with Crippen molar-refractivity contribution in [3.8, 4) is 22.9 Å². The van der Waals surface area contributed by atoms with Gasteiger partial charge in [0.2, 0.25) is 17.6 Å². The van der Waals surface area contributed by atoms with Crippen LogP contribution in [0.1, 0.15) is 24.3 Å². The van der Waals surface area contributed by atoms with Crippen molar-refractivity contribution in [2.45, 2.75) is 26.2 Å². The first-order valence-corrected chi connectivity index (χ1v) is 9.00. The van der Waals surface area contributed by atoms with Crippen molar-refractivity contribution in [2.24, 2.45) is 0 Å². The van der Waals surface area contributed by atoms with Gasteiger partial charge >= 0.3 is 0 Å². The molecule has 1 aromatic heterocycles. The number of rotatable bonds is 8. The highest BCUT2D eigenvalue weighted by atomic mass is 16.5. The lowest BCUT2D eigenvalue weighted by atomic mass is 10.2. The van der Waals surface area contributed by atoms with E-state index < -0.39 is 0 Å². The number of ether oxygens (including phenoxy) is 2. The Morgan fingerprint density at radius 2 is 1.82 bits per heavy atom. The maximum Gasteiger partial charge on any atom is 0.226 e. The number of carbonyl (C=O) groups excluding carboxylic acids is 1. The maximum atomic E-state index is 12.0. The molecule has 2 aromatic carbocycles. The fourth-order valence-corrected chi connectivity index (χ4v) is 2.71. The number of anilines is 1. The number of nitrogens with one attached hydrogen (secondary N) is 1. The number of amides is 1. The molecule has 3 aromatic rings. The summed E-state index contributed by atoms with van der Waals surface area (Å²) in [7, 11) is 3.16. The Morgan fingerprint density at radius 1 is 1.07 bits per heavy atom. The fourth-order valence-electron chi connectivity index (χ4n) is 2.71. The number of benzene rings is 2. The third kappa shape index (κ3) is 4.88. The highest BCUT2D eigenvalue weighted by molar-refractivity contribution is 5.90. The van der Waals surface area contributed by atoms with Crippen LogP contribution < -0.4 is 14.8 Å². The summed E-state index contributed by atoms with van der Waals surface area (Å²) in [6.07, 6.45) is 1.52. The van der Waals surface area contributed by atoms with Crippen LogP contribution in [-0.4, -0.2) is 30.3 Å². The number of nitrogens with zero attached hydrogens (tertiary/aromatic N) is 2. The Balaban J connectivity index is 1.53. The Bertz CT molecular complexity index is 935. The Morgan fingerprint density at radius 3 is 2.54 bits per heavy atom. The molecule has 0 aliphatic heterocycles. The van der Waals surface area contributed by atoms with E-state index in [0.29, 0.717) is 42.5 Å². The van der Waals surface area contributed by atoms with Crippen molar-refractivity contribution in [3.05, 3.63) is 53.9 Å². The number of carbonyl (C=O) groups is 1. The van der Waals surface area contributed by atoms with Crippen molar-refractivity contribution in [3.63, 3.8) is 0 Å². The molecule has 0 fully saturated rings. The monoisotopic (exact) mass is 381 g/mol. The van der Waals surface area contributed by atoms with Gasteiger partial charge in [-0.15, -0.1) is 0 Å². The van der Waals surface area contributed by atoms with E-state index >= 15 is 0 Å². The van der Waals surface area contributed by atoms with E-state index in [2.05, 4.69) is 15.5 Å². The average Bonchev–Trinajstić information content (AvgIpc) is 3.18. The Hall–Kier alpha value is -3.35. The largest absolute Gasteiger partial charge is 0.493 e. The standard InChI is InChI=1S/C21H23N3O4/c1-14-7-10-16(11-8-14)22-19(25)5-4-6-20-23-21(24-28-20)15-9-12-17(26-2)18(13-15)27-3/h7-13H,4-6H2,1-3H3,(H,22,25). The van der Waals surface area contributed by atoms with Crippen LogP contribution in [0.3, 0.4) is 0 Å². The normalized spacial score (nSPS) is 10.5. The number of aromatic nitrogens is 2. The molecule has 0 aliphatic carbocycles. The summed E-state index contributed by atoms with van der Waals surface area (Å²) in [5, 5.41) is 6.89. The van der Waals surface area contributed by atoms with Gasteiger partial charge in [-0.3, -0.25) is 4.79 Å². The molecule has 1 heterocycles. The van der Waals surface area contributed by atoms with Gasteiger partial charge in [0, 0.05) is 24.1 Å². The summed E-state index contributed by atoms with van der Waals surface area (Å²) < 4.78 is 15.8. The molecule has 7 nitrogen and oxygen atoms in total. The van der Waals surface area contributed by atoms with Gasteiger partial charge in [0.15, 0.2) is 11.5 Å². The molecule has 0 bridgehead atoms. The summed E-state index contributed by atoms with van der Waals surface area (Å²) in [4.78, 5) is 16.4. The zero-order chi connectivity index (χ0) is 19.9. The van der Waals surface area contributed by atoms with Gasteiger partial charge in [0.05, 0.1) is 14.2 Å². The van der Waals surface area contributed by atoms with Gasteiger partial charge in [0.1, 0.15) is 0 Å². The molecule has 0 saturated carbocycles. The van der Waals surface area contributed by atoms with Crippen LogP contribution in [0.15, 0.2) is 47.0 Å². The number of aryl methyl sites for hydroxylation is 2. The van der Waals surface area contributed by atoms with Gasteiger partial charge in [-0.25, -0.2) is 0 Å². The lowest BCUT2D eigenvalue weighted by Crippen LogP contribution is -2.11. The smallest absolute Gasteiger partial charge is 0.226 e. The van der Waals surface area contributed by atoms with E-state index in [1.165, 1.54) is 0 Å². The molecular formula is C21H23N3O4. The van der Waals surface area contributed by atoms with Gasteiger partial charge in [-0.2, -0.15) is 4.98 Å². The van der Waals surface area contributed by atoms with E-state index in [9.17, 15) is 4.79 Å². The minimum atomic E-state index is -0.0384. The average molecular weight is 381 g/mol. The third-order valence-electron chi connectivity index (χ3n) is 4.24. The summed E-state index contributed by atoms with van der Waals surface area (Å²) in [5.74, 6) is 2.16. The van der Waals surface area contributed by atoms with Crippen molar-refractivity contribution in [1.82, 2.24) is 10.1 Å². The van der Waals surface area contributed by atoms with E-state index in [4.69, 9.17) is 14.0 Å². The number of hydrogen-bond acceptors (Lipinski definition) is 6. The number of hydrogen-bond donors (Lipinski definition) is 1. The summed E-state index contributed by atoms with van der Waals surface area (Å²) in [5.41, 5.74) is 2.72. The zero-order valence-electron chi connectivity index (χ0n) is 16.2. The van der Waals surface area contributed by atoms with Crippen LogP contribution in [0.25, 0.3) is 11.4 Å². The predicted octanol–water partition coefficient (Wildman–Crippen LogP) is 4.02. The van der Waals surface area contributed by atoms with Crippen molar-refractivity contribution in [2.75, 3.05) is 19.5 Å². The van der Waals surface area contributed by atoms with Crippen molar-refractivity contribution < 1.29 is 18.8 Å². The molecule has 0 radical (unpaired) electrons. The van der Waals surface area contributed by atoms with Crippen LogP contribution in [0, 0.1) is 6.92 Å². The SMILES string of the molecule is COc1ccc(-c2noc(CCCC(=O)Nc3ccc(C)cc3)n2)cc1OC. The molecule has 7 heteroatoms. The van der Waals surface area contributed by atoms with E-state index in [-0.39, 0.29) is 5.91 Å². The molecule has 0 aliphatic rings. The van der Waals surface area contributed by atoms with Crippen LogP contribution in [-0.2, 0) is 11.2 Å². The minimum Gasteiger partial charge on any atom is -0.493 e. The first kappa shape index (κ1) is 19.4. The Kier molecular flexibility index (Phi) is 6.26. The zero-order valence-corrected chi connectivity index (χ0v) is 16.2. The second kappa shape index (κ2) is 9.03. The van der Waals surface area contributed by atoms with Gasteiger partial charge in [-0.05, 0) is 43.7 Å². The van der Waals surface area contributed by atoms with Gasteiger partial charge < -0.3 is 19.3 Å². The first-order valence-electron chi connectivity index (χ1n) is 9.00. The molecule has 0 unspecified atom stereocenters. The molecule has 0 atom stereocenters. The second-order valence-corrected chi connectivity index (χ2v) is 6.35. The first-order chi connectivity index (χ1) is 13.6. The van der Waals surface area contributed by atoms with Crippen LogP contribution in [0.5, 0.6) is 11.5 Å². The van der Waals surface area contributed by atoms with Crippen LogP contribution in [0.2, 0.25) is 0 Å². The molecule has 28 heavy (non-hydrogen) atoms. The second-order valence-electron chi connectivity index (χ2n) is 6.35. The molecule has 0 spiro atoms. The highest BCUT2D eigenvalue weighted by Crippen LogP contribution is 2.31. The summed E-state index contributed by atoms with van der Waals surface area (Å²) in [6.45, 7) is 2.01. The van der Waals surface area contributed by atoms with Crippen molar-refractivity contribution >= 4 is 11.6 Å². The third-order valence-corrected chi connectivity index (χ3v) is 4.24. The Labute approximate surface area is 163 Å². The lowest BCUT2D eigenvalue weighted by Gasteiger charge is -2.07.